The molecule has 0 saturated carbocycles. The number of amides is 1. The number of carboxylic acid groups (broad SMARTS) is 1. The fourth-order valence-electron chi connectivity index (χ4n) is 1.96. The highest BCUT2D eigenvalue weighted by molar-refractivity contribution is 5.94. The van der Waals surface area contributed by atoms with Crippen molar-refractivity contribution >= 4 is 24.3 Å². The van der Waals surface area contributed by atoms with Crippen molar-refractivity contribution in [3.8, 4) is 0 Å². The summed E-state index contributed by atoms with van der Waals surface area (Å²) in [7, 11) is 0. The molecule has 1 unspecified atom stereocenters. The lowest BCUT2D eigenvalue weighted by atomic mass is 10.1. The van der Waals surface area contributed by atoms with Crippen LogP contribution in [-0.4, -0.2) is 35.0 Å². The molecule has 1 fully saturated rings. The number of nitrogens with zero attached hydrogens (tertiary/aromatic N) is 1. The molecule has 4 nitrogen and oxygen atoms in total. The molecule has 1 saturated heterocycles. The van der Waals surface area contributed by atoms with Gasteiger partial charge in [-0.05, 0) is 24.6 Å². The summed E-state index contributed by atoms with van der Waals surface area (Å²) in [5.74, 6) is -4.11. The summed E-state index contributed by atoms with van der Waals surface area (Å²) in [5.41, 5.74) is 0.0277. The van der Waals surface area contributed by atoms with Crippen molar-refractivity contribution in [1.82, 2.24) is 4.90 Å². The molecule has 0 aromatic heterocycles. The van der Waals surface area contributed by atoms with Crippen molar-refractivity contribution in [2.24, 2.45) is 5.92 Å². The van der Waals surface area contributed by atoms with Crippen LogP contribution < -0.4 is 0 Å². The predicted octanol–water partition coefficient (Wildman–Crippen LogP) is 1.93. The maximum Gasteiger partial charge on any atom is 0.308 e. The van der Waals surface area contributed by atoms with Crippen molar-refractivity contribution in [2.75, 3.05) is 13.1 Å². The van der Waals surface area contributed by atoms with Gasteiger partial charge >= 0.3 is 5.97 Å². The molecule has 0 spiro atoms. The summed E-state index contributed by atoms with van der Waals surface area (Å²) < 4.78 is 25.7. The van der Waals surface area contributed by atoms with E-state index in [1.54, 1.807) is 0 Å². The van der Waals surface area contributed by atoms with Gasteiger partial charge in [-0.25, -0.2) is 8.78 Å². The first kappa shape index (κ1) is 15.4. The van der Waals surface area contributed by atoms with Crippen LogP contribution >= 0.6 is 12.4 Å². The van der Waals surface area contributed by atoms with E-state index in [4.69, 9.17) is 5.11 Å². The van der Waals surface area contributed by atoms with Gasteiger partial charge in [0.25, 0.3) is 5.91 Å². The minimum absolute atomic E-state index is 0. The maximum absolute atomic E-state index is 13.0. The third-order valence-electron chi connectivity index (χ3n) is 2.99. The zero-order chi connectivity index (χ0) is 13.3. The first-order chi connectivity index (χ1) is 8.49. The monoisotopic (exact) mass is 291 g/mol. The quantitative estimate of drug-likeness (QED) is 0.906. The van der Waals surface area contributed by atoms with Gasteiger partial charge in [-0.3, -0.25) is 9.59 Å². The Bertz CT molecular complexity index is 510. The lowest BCUT2D eigenvalue weighted by Gasteiger charge is -2.15. The molecule has 0 radical (unpaired) electrons. The van der Waals surface area contributed by atoms with Crippen molar-refractivity contribution in [3.63, 3.8) is 0 Å². The Morgan fingerprint density at radius 3 is 2.47 bits per heavy atom. The molecule has 7 heteroatoms. The van der Waals surface area contributed by atoms with Crippen LogP contribution in [0.5, 0.6) is 0 Å². The van der Waals surface area contributed by atoms with E-state index in [0.29, 0.717) is 13.0 Å². The number of rotatable bonds is 2. The molecule has 1 aromatic rings. The van der Waals surface area contributed by atoms with Crippen molar-refractivity contribution < 1.29 is 23.5 Å². The highest BCUT2D eigenvalue weighted by atomic mass is 35.5. The molecule has 104 valence electrons. The standard InChI is InChI=1S/C12H11F2NO3.ClH/c13-9-2-1-7(5-10(9)14)11(16)15-4-3-8(6-15)12(17)18;/h1-2,5,8H,3-4,6H2,(H,17,18);1H. The van der Waals surface area contributed by atoms with Gasteiger partial charge in [0.1, 0.15) is 0 Å². The number of hydrogen-bond donors (Lipinski definition) is 1. The molecule has 19 heavy (non-hydrogen) atoms. The lowest BCUT2D eigenvalue weighted by Crippen LogP contribution is -2.30. The second-order valence-corrected chi connectivity index (χ2v) is 4.20. The highest BCUT2D eigenvalue weighted by Gasteiger charge is 2.31. The topological polar surface area (TPSA) is 57.6 Å². The fraction of sp³-hybridized carbons (Fsp3) is 0.333. The van der Waals surface area contributed by atoms with Crippen LogP contribution in [0.15, 0.2) is 18.2 Å². The van der Waals surface area contributed by atoms with Gasteiger partial charge in [0.05, 0.1) is 5.92 Å². The second kappa shape index (κ2) is 5.97. The average Bonchev–Trinajstić information content (AvgIpc) is 2.81. The lowest BCUT2D eigenvalue weighted by molar-refractivity contribution is -0.141. The minimum Gasteiger partial charge on any atom is -0.481 e. The molecule has 1 N–H and O–H groups in total. The van der Waals surface area contributed by atoms with Crippen LogP contribution in [0.4, 0.5) is 8.78 Å². The number of carbonyl (C=O) groups excluding carboxylic acids is 1. The molecule has 0 bridgehead atoms. The van der Waals surface area contributed by atoms with E-state index >= 15 is 0 Å². The summed E-state index contributed by atoms with van der Waals surface area (Å²) in [6.45, 7) is 0.419. The Morgan fingerprint density at radius 2 is 1.95 bits per heavy atom. The molecular formula is C12H12ClF2NO3. The summed E-state index contributed by atoms with van der Waals surface area (Å²) >= 11 is 0. The van der Waals surface area contributed by atoms with Crippen LogP contribution in [0.1, 0.15) is 16.8 Å². The van der Waals surface area contributed by atoms with Crippen LogP contribution in [0.3, 0.4) is 0 Å². The first-order valence-corrected chi connectivity index (χ1v) is 5.46. The SMILES string of the molecule is Cl.O=C(O)C1CCN(C(=O)c2ccc(F)c(F)c2)C1. The summed E-state index contributed by atoms with van der Waals surface area (Å²) in [6.07, 6.45) is 0.380. The van der Waals surface area contributed by atoms with Crippen LogP contribution in [0.2, 0.25) is 0 Å². The van der Waals surface area contributed by atoms with E-state index in [9.17, 15) is 18.4 Å². The van der Waals surface area contributed by atoms with Gasteiger partial charge in [0.15, 0.2) is 11.6 Å². The number of benzene rings is 1. The Morgan fingerprint density at radius 1 is 1.26 bits per heavy atom. The number of halogens is 3. The van der Waals surface area contributed by atoms with Crippen molar-refractivity contribution in [2.45, 2.75) is 6.42 Å². The van der Waals surface area contributed by atoms with E-state index in [2.05, 4.69) is 0 Å². The second-order valence-electron chi connectivity index (χ2n) is 4.20. The third-order valence-corrected chi connectivity index (χ3v) is 2.99. The van der Waals surface area contributed by atoms with Crippen LogP contribution in [-0.2, 0) is 4.79 Å². The molecule has 2 rings (SSSR count). The van der Waals surface area contributed by atoms with Crippen LogP contribution in [0.25, 0.3) is 0 Å². The summed E-state index contributed by atoms with van der Waals surface area (Å²) in [4.78, 5) is 24.0. The Balaban J connectivity index is 0.00000180. The van der Waals surface area contributed by atoms with E-state index in [-0.39, 0.29) is 24.5 Å². The fourth-order valence-corrected chi connectivity index (χ4v) is 1.96. The van der Waals surface area contributed by atoms with Gasteiger partial charge < -0.3 is 10.0 Å². The Labute approximate surface area is 114 Å². The van der Waals surface area contributed by atoms with Crippen LogP contribution in [0, 0.1) is 17.6 Å². The van der Waals surface area contributed by atoms with Gasteiger partial charge in [-0.1, -0.05) is 0 Å². The Kier molecular flexibility index (Phi) is 4.83. The van der Waals surface area contributed by atoms with E-state index in [0.717, 1.165) is 12.1 Å². The average molecular weight is 292 g/mol. The largest absolute Gasteiger partial charge is 0.481 e. The molecule has 1 atom stereocenters. The number of carboxylic acids is 1. The molecule has 1 aromatic carbocycles. The molecule has 1 aliphatic rings. The number of likely N-dealkylation sites (tertiary alicyclic amines) is 1. The first-order valence-electron chi connectivity index (χ1n) is 5.46. The maximum atomic E-state index is 13.0. The van der Waals surface area contributed by atoms with Gasteiger partial charge in [-0.2, -0.15) is 0 Å². The molecule has 1 heterocycles. The minimum atomic E-state index is -1.09. The van der Waals surface area contributed by atoms with Gasteiger partial charge in [0, 0.05) is 18.7 Å². The number of aliphatic carboxylic acids is 1. The molecule has 0 aliphatic carbocycles. The van der Waals surface area contributed by atoms with E-state index in [1.165, 1.54) is 11.0 Å². The number of carbonyl (C=O) groups is 2. The summed E-state index contributed by atoms with van der Waals surface area (Å²) in [6, 6.07) is 2.90. The predicted molar refractivity (Wildman–Crippen MR) is 65.3 cm³/mol. The molecular weight excluding hydrogens is 280 g/mol. The number of hydrogen-bond acceptors (Lipinski definition) is 2. The molecule has 1 amide bonds. The van der Waals surface area contributed by atoms with E-state index in [1.807, 2.05) is 0 Å². The van der Waals surface area contributed by atoms with E-state index < -0.39 is 29.4 Å². The third kappa shape index (κ3) is 3.20. The van der Waals surface area contributed by atoms with Crippen molar-refractivity contribution in [3.05, 3.63) is 35.4 Å². The normalized spacial score (nSPS) is 18.0. The summed E-state index contributed by atoms with van der Waals surface area (Å²) in [5, 5.41) is 8.82. The molecule has 1 aliphatic heterocycles. The Hall–Kier alpha value is -1.69. The smallest absolute Gasteiger partial charge is 0.308 e. The zero-order valence-electron chi connectivity index (χ0n) is 9.81. The van der Waals surface area contributed by atoms with Gasteiger partial charge in [-0.15, -0.1) is 12.4 Å². The zero-order valence-corrected chi connectivity index (χ0v) is 10.6. The highest BCUT2D eigenvalue weighted by Crippen LogP contribution is 2.19. The van der Waals surface area contributed by atoms with Crippen molar-refractivity contribution in [1.29, 1.82) is 0 Å². The van der Waals surface area contributed by atoms with Gasteiger partial charge in [0.2, 0.25) is 0 Å².